The summed E-state index contributed by atoms with van der Waals surface area (Å²) in [7, 11) is 0. The van der Waals surface area contributed by atoms with Crippen molar-refractivity contribution in [1.82, 2.24) is 5.32 Å². The van der Waals surface area contributed by atoms with Gasteiger partial charge < -0.3 is 15.2 Å². The third kappa shape index (κ3) is 5.11. The zero-order valence-corrected chi connectivity index (χ0v) is 13.5. The lowest BCUT2D eigenvalue weighted by atomic mass is 9.92. The lowest BCUT2D eigenvalue weighted by Gasteiger charge is -2.23. The van der Waals surface area contributed by atoms with Crippen molar-refractivity contribution in [2.75, 3.05) is 13.2 Å². The molecule has 0 fully saturated rings. The highest BCUT2D eigenvalue weighted by Gasteiger charge is 2.26. The van der Waals surface area contributed by atoms with Crippen LogP contribution in [0.15, 0.2) is 54.6 Å². The van der Waals surface area contributed by atoms with Crippen molar-refractivity contribution in [3.05, 3.63) is 65.7 Å². The molecule has 2 N–H and O–H groups in total. The summed E-state index contributed by atoms with van der Waals surface area (Å²) >= 11 is 0. The van der Waals surface area contributed by atoms with Crippen LogP contribution in [0.2, 0.25) is 0 Å². The second-order valence-electron chi connectivity index (χ2n) is 5.65. The van der Waals surface area contributed by atoms with Gasteiger partial charge in [0, 0.05) is 0 Å². The first-order chi connectivity index (χ1) is 11.5. The second kappa shape index (κ2) is 8.14. The van der Waals surface area contributed by atoms with Crippen molar-refractivity contribution in [2.45, 2.75) is 18.9 Å². The van der Waals surface area contributed by atoms with E-state index in [2.05, 4.69) is 5.32 Å². The molecular weight excluding hydrogens is 304 g/mol. The average molecular weight is 324 g/mol. The van der Waals surface area contributed by atoms with Crippen LogP contribution in [0.5, 0.6) is 5.75 Å². The molecule has 2 aromatic carbocycles. The van der Waals surface area contributed by atoms with Crippen LogP contribution in [0, 0.1) is 11.3 Å². The van der Waals surface area contributed by atoms with Gasteiger partial charge in [0.15, 0.2) is 0 Å². The van der Waals surface area contributed by atoms with Crippen molar-refractivity contribution in [2.24, 2.45) is 0 Å². The topological polar surface area (TPSA) is 82.3 Å². The van der Waals surface area contributed by atoms with E-state index in [0.29, 0.717) is 30.0 Å². The number of aliphatic hydroxyl groups is 1. The smallest absolute Gasteiger partial charge is 0.223 e. The SMILES string of the molecule is CC(O)(CC(=O)NCCOc1ccc(C#N)cc1)c1ccccc1. The predicted octanol–water partition coefficient (Wildman–Crippen LogP) is 2.35. The van der Waals surface area contributed by atoms with Gasteiger partial charge in [0.2, 0.25) is 5.91 Å². The predicted molar refractivity (Wildman–Crippen MR) is 90.3 cm³/mol. The van der Waals surface area contributed by atoms with E-state index < -0.39 is 5.60 Å². The minimum absolute atomic E-state index is 0.0200. The minimum Gasteiger partial charge on any atom is -0.492 e. The molecule has 5 heteroatoms. The fraction of sp³-hybridized carbons (Fsp3) is 0.263. The van der Waals surface area contributed by atoms with E-state index in [9.17, 15) is 9.90 Å². The maximum Gasteiger partial charge on any atom is 0.223 e. The number of carbonyl (C=O) groups is 1. The second-order valence-corrected chi connectivity index (χ2v) is 5.65. The number of hydrogen-bond acceptors (Lipinski definition) is 4. The Morgan fingerprint density at radius 1 is 1.21 bits per heavy atom. The van der Waals surface area contributed by atoms with Crippen molar-refractivity contribution in [3.8, 4) is 11.8 Å². The van der Waals surface area contributed by atoms with Gasteiger partial charge in [-0.1, -0.05) is 30.3 Å². The van der Waals surface area contributed by atoms with E-state index in [1.165, 1.54) is 0 Å². The number of carbonyl (C=O) groups excluding carboxylic acids is 1. The van der Waals surface area contributed by atoms with Gasteiger partial charge in [-0.25, -0.2) is 0 Å². The van der Waals surface area contributed by atoms with Crippen LogP contribution < -0.4 is 10.1 Å². The first kappa shape index (κ1) is 17.5. The van der Waals surface area contributed by atoms with Crippen molar-refractivity contribution in [3.63, 3.8) is 0 Å². The molecule has 0 spiro atoms. The molecule has 1 unspecified atom stereocenters. The minimum atomic E-state index is -1.21. The number of benzene rings is 2. The van der Waals surface area contributed by atoms with Crippen LogP contribution in [-0.4, -0.2) is 24.2 Å². The largest absolute Gasteiger partial charge is 0.492 e. The Morgan fingerprint density at radius 3 is 2.50 bits per heavy atom. The molecule has 124 valence electrons. The van der Waals surface area contributed by atoms with Crippen LogP contribution in [-0.2, 0) is 10.4 Å². The lowest BCUT2D eigenvalue weighted by molar-refractivity contribution is -0.125. The molecule has 1 atom stereocenters. The molecule has 0 radical (unpaired) electrons. The summed E-state index contributed by atoms with van der Waals surface area (Å²) in [6.45, 7) is 2.27. The van der Waals surface area contributed by atoms with Crippen LogP contribution in [0.25, 0.3) is 0 Å². The van der Waals surface area contributed by atoms with Gasteiger partial charge in [0.05, 0.1) is 30.2 Å². The normalized spacial score (nSPS) is 12.7. The number of hydrogen-bond donors (Lipinski definition) is 2. The Morgan fingerprint density at radius 2 is 1.88 bits per heavy atom. The summed E-state index contributed by atoms with van der Waals surface area (Å²) in [5, 5.41) is 21.9. The highest BCUT2D eigenvalue weighted by atomic mass is 16.5. The Balaban J connectivity index is 1.74. The summed E-state index contributed by atoms with van der Waals surface area (Å²) in [6.07, 6.45) is -0.0200. The molecular formula is C19H20N2O3. The first-order valence-corrected chi connectivity index (χ1v) is 7.69. The van der Waals surface area contributed by atoms with E-state index in [1.807, 2.05) is 24.3 Å². The highest BCUT2D eigenvalue weighted by molar-refractivity contribution is 5.77. The maximum atomic E-state index is 12.0. The summed E-state index contributed by atoms with van der Waals surface area (Å²) in [4.78, 5) is 12.0. The van der Waals surface area contributed by atoms with Gasteiger partial charge in [-0.2, -0.15) is 5.26 Å². The van der Waals surface area contributed by atoms with E-state index in [0.717, 1.165) is 0 Å². The Hall–Kier alpha value is -2.84. The molecule has 0 aliphatic carbocycles. The molecule has 2 aromatic rings. The van der Waals surface area contributed by atoms with Gasteiger partial charge in [0.25, 0.3) is 0 Å². The average Bonchev–Trinajstić information content (AvgIpc) is 2.59. The van der Waals surface area contributed by atoms with Crippen molar-refractivity contribution >= 4 is 5.91 Å². The van der Waals surface area contributed by atoms with Crippen LogP contribution in [0.3, 0.4) is 0 Å². The Labute approximate surface area is 141 Å². The summed E-state index contributed by atoms with van der Waals surface area (Å²) in [5.41, 5.74) is 0.0621. The van der Waals surface area contributed by atoms with Crippen molar-refractivity contribution in [1.29, 1.82) is 5.26 Å². The van der Waals surface area contributed by atoms with E-state index in [1.54, 1.807) is 43.3 Å². The molecule has 24 heavy (non-hydrogen) atoms. The van der Waals surface area contributed by atoms with Crippen LogP contribution >= 0.6 is 0 Å². The van der Waals surface area contributed by atoms with E-state index in [4.69, 9.17) is 10.00 Å². The van der Waals surface area contributed by atoms with Gasteiger partial charge in [-0.05, 0) is 36.8 Å². The molecule has 0 aliphatic rings. The number of rotatable bonds is 7. The number of nitriles is 1. The molecule has 1 amide bonds. The number of nitrogens with one attached hydrogen (secondary N) is 1. The molecule has 5 nitrogen and oxygen atoms in total. The molecule has 0 heterocycles. The summed E-state index contributed by atoms with van der Waals surface area (Å²) in [5.74, 6) is 0.395. The number of amides is 1. The maximum absolute atomic E-state index is 12.0. The molecule has 0 aliphatic heterocycles. The highest BCUT2D eigenvalue weighted by Crippen LogP contribution is 2.23. The summed E-state index contributed by atoms with van der Waals surface area (Å²) in [6, 6.07) is 17.9. The Kier molecular flexibility index (Phi) is 5.94. The van der Waals surface area contributed by atoms with Gasteiger partial charge in [-0.15, -0.1) is 0 Å². The number of nitrogens with zero attached hydrogens (tertiary/aromatic N) is 1. The molecule has 0 bridgehead atoms. The number of ether oxygens (including phenoxy) is 1. The first-order valence-electron chi connectivity index (χ1n) is 7.69. The van der Waals surface area contributed by atoms with Gasteiger partial charge in [0.1, 0.15) is 12.4 Å². The van der Waals surface area contributed by atoms with Crippen LogP contribution in [0.1, 0.15) is 24.5 Å². The van der Waals surface area contributed by atoms with Gasteiger partial charge >= 0.3 is 0 Å². The van der Waals surface area contributed by atoms with E-state index >= 15 is 0 Å². The molecule has 0 aromatic heterocycles. The fourth-order valence-corrected chi connectivity index (χ4v) is 2.26. The van der Waals surface area contributed by atoms with Gasteiger partial charge in [-0.3, -0.25) is 4.79 Å². The van der Waals surface area contributed by atoms with Crippen molar-refractivity contribution < 1.29 is 14.6 Å². The molecule has 0 saturated heterocycles. The molecule has 0 saturated carbocycles. The summed E-state index contributed by atoms with van der Waals surface area (Å²) < 4.78 is 5.48. The van der Waals surface area contributed by atoms with Crippen LogP contribution in [0.4, 0.5) is 0 Å². The standard InChI is InChI=1S/C19H20N2O3/c1-19(23,16-5-3-2-4-6-16)13-18(22)21-11-12-24-17-9-7-15(14-20)8-10-17/h2-10,23H,11-13H2,1H3,(H,21,22). The third-order valence-electron chi connectivity index (χ3n) is 3.58. The lowest BCUT2D eigenvalue weighted by Crippen LogP contribution is -2.34. The zero-order valence-electron chi connectivity index (χ0n) is 13.5. The third-order valence-corrected chi connectivity index (χ3v) is 3.58. The zero-order chi connectivity index (χ0) is 17.4. The fourth-order valence-electron chi connectivity index (χ4n) is 2.26. The van der Waals surface area contributed by atoms with E-state index in [-0.39, 0.29) is 12.3 Å². The molecule has 2 rings (SSSR count). The Bertz CT molecular complexity index is 704. The quantitative estimate of drug-likeness (QED) is 0.766. The monoisotopic (exact) mass is 324 g/mol.